The smallest absolute Gasteiger partial charge is 0.243 e. The Kier molecular flexibility index (Phi) is 6.72. The molecule has 162 valence electrons. The van der Waals surface area contributed by atoms with Crippen LogP contribution in [0.1, 0.15) is 43.7 Å². The number of sulfonamides is 1. The van der Waals surface area contributed by atoms with Gasteiger partial charge in [-0.05, 0) is 25.0 Å². The van der Waals surface area contributed by atoms with Crippen molar-refractivity contribution in [3.05, 3.63) is 47.9 Å². The average Bonchev–Trinajstić information content (AvgIpc) is 2.74. The summed E-state index contributed by atoms with van der Waals surface area (Å²) in [4.78, 5) is 24.7. The number of hydrogen-bond acceptors (Lipinski definition) is 6. The number of benzene rings is 1. The van der Waals surface area contributed by atoms with Crippen LogP contribution in [0.4, 0.5) is 5.82 Å². The van der Waals surface area contributed by atoms with Crippen molar-refractivity contribution in [2.45, 2.75) is 43.7 Å². The first-order valence-electron chi connectivity index (χ1n) is 10.0. The van der Waals surface area contributed by atoms with Crippen molar-refractivity contribution in [1.29, 1.82) is 0 Å². The summed E-state index contributed by atoms with van der Waals surface area (Å²) >= 11 is 0. The van der Waals surface area contributed by atoms with E-state index in [0.29, 0.717) is 36.8 Å². The van der Waals surface area contributed by atoms with Gasteiger partial charge in [0.05, 0.1) is 23.2 Å². The van der Waals surface area contributed by atoms with Crippen LogP contribution in [0.15, 0.2) is 41.3 Å². The first-order valence-corrected chi connectivity index (χ1v) is 11.5. The standard InChI is InChI=1S/C21H29N5O3S/c1-16(27)25(4)15-17-14-20(24(2)3)23-21(22-17)19-12-8-9-13-26(19)30(28,29)18-10-6-5-7-11-18/h5-7,10-11,14,19H,8-9,12-13,15H2,1-4H3/t19-/m1/s1. The summed E-state index contributed by atoms with van der Waals surface area (Å²) in [5.41, 5.74) is 0.684. The van der Waals surface area contributed by atoms with E-state index in [1.807, 2.05) is 25.1 Å². The molecule has 9 heteroatoms. The maximum atomic E-state index is 13.3. The molecule has 1 aliphatic rings. The molecule has 1 aromatic carbocycles. The summed E-state index contributed by atoms with van der Waals surface area (Å²) in [6.07, 6.45) is 2.37. The highest BCUT2D eigenvalue weighted by molar-refractivity contribution is 7.89. The Hall–Kier alpha value is -2.52. The Morgan fingerprint density at radius 2 is 1.83 bits per heavy atom. The Bertz CT molecular complexity index is 995. The number of piperidine rings is 1. The highest BCUT2D eigenvalue weighted by Gasteiger charge is 2.36. The van der Waals surface area contributed by atoms with Crippen molar-refractivity contribution in [3.63, 3.8) is 0 Å². The van der Waals surface area contributed by atoms with E-state index >= 15 is 0 Å². The van der Waals surface area contributed by atoms with Gasteiger partial charge in [0.25, 0.3) is 0 Å². The first kappa shape index (κ1) is 22.2. The van der Waals surface area contributed by atoms with E-state index in [9.17, 15) is 13.2 Å². The van der Waals surface area contributed by atoms with E-state index < -0.39 is 16.1 Å². The van der Waals surface area contributed by atoms with E-state index in [0.717, 1.165) is 12.8 Å². The highest BCUT2D eigenvalue weighted by Crippen LogP contribution is 2.34. The summed E-state index contributed by atoms with van der Waals surface area (Å²) < 4.78 is 28.2. The number of rotatable bonds is 6. The third-order valence-electron chi connectivity index (χ3n) is 5.28. The van der Waals surface area contributed by atoms with Crippen LogP contribution in [0.25, 0.3) is 0 Å². The second kappa shape index (κ2) is 9.09. The Labute approximate surface area is 178 Å². The van der Waals surface area contributed by atoms with Crippen molar-refractivity contribution in [1.82, 2.24) is 19.2 Å². The predicted octanol–water partition coefficient (Wildman–Crippen LogP) is 2.44. The molecule has 1 aliphatic heterocycles. The molecule has 0 spiro atoms. The second-order valence-corrected chi connectivity index (χ2v) is 9.68. The van der Waals surface area contributed by atoms with Gasteiger partial charge >= 0.3 is 0 Å². The van der Waals surface area contributed by atoms with Crippen LogP contribution >= 0.6 is 0 Å². The van der Waals surface area contributed by atoms with Gasteiger partial charge in [0.1, 0.15) is 11.6 Å². The third-order valence-corrected chi connectivity index (χ3v) is 7.20. The lowest BCUT2D eigenvalue weighted by atomic mass is 10.0. The molecule has 30 heavy (non-hydrogen) atoms. The maximum Gasteiger partial charge on any atom is 0.243 e. The number of carbonyl (C=O) groups excluding carboxylic acids is 1. The number of nitrogens with zero attached hydrogens (tertiary/aromatic N) is 5. The van der Waals surface area contributed by atoms with Crippen LogP contribution in [-0.4, -0.2) is 61.2 Å². The van der Waals surface area contributed by atoms with E-state index in [1.54, 1.807) is 42.3 Å². The Morgan fingerprint density at radius 1 is 1.13 bits per heavy atom. The molecule has 2 aromatic rings. The van der Waals surface area contributed by atoms with Crippen LogP contribution in [0.3, 0.4) is 0 Å². The fraction of sp³-hybridized carbons (Fsp3) is 0.476. The second-order valence-electron chi connectivity index (χ2n) is 7.79. The van der Waals surface area contributed by atoms with E-state index in [-0.39, 0.29) is 10.8 Å². The van der Waals surface area contributed by atoms with Crippen molar-refractivity contribution < 1.29 is 13.2 Å². The normalized spacial score (nSPS) is 17.5. The van der Waals surface area contributed by atoms with Crippen LogP contribution in [0.2, 0.25) is 0 Å². The molecular formula is C21H29N5O3S. The van der Waals surface area contributed by atoms with Crippen LogP contribution in [0, 0.1) is 0 Å². The lowest BCUT2D eigenvalue weighted by molar-refractivity contribution is -0.128. The quantitative estimate of drug-likeness (QED) is 0.698. The lowest BCUT2D eigenvalue weighted by Gasteiger charge is -2.34. The fourth-order valence-electron chi connectivity index (χ4n) is 3.50. The molecule has 0 radical (unpaired) electrons. The minimum Gasteiger partial charge on any atom is -0.363 e. The predicted molar refractivity (Wildman–Crippen MR) is 115 cm³/mol. The zero-order valence-corrected chi connectivity index (χ0v) is 18.8. The largest absolute Gasteiger partial charge is 0.363 e. The molecule has 0 unspecified atom stereocenters. The Balaban J connectivity index is 2.02. The van der Waals surface area contributed by atoms with E-state index in [1.165, 1.54) is 11.2 Å². The molecule has 1 fully saturated rings. The van der Waals surface area contributed by atoms with Gasteiger partial charge < -0.3 is 9.80 Å². The van der Waals surface area contributed by atoms with E-state index in [4.69, 9.17) is 0 Å². The molecule has 0 aliphatic carbocycles. The maximum absolute atomic E-state index is 13.3. The van der Waals surface area contributed by atoms with Gasteiger partial charge in [-0.1, -0.05) is 24.6 Å². The minimum atomic E-state index is -3.67. The Morgan fingerprint density at radius 3 is 2.47 bits per heavy atom. The van der Waals surface area contributed by atoms with Crippen molar-refractivity contribution >= 4 is 21.7 Å². The zero-order valence-electron chi connectivity index (χ0n) is 17.9. The molecular weight excluding hydrogens is 402 g/mol. The number of carbonyl (C=O) groups is 1. The molecule has 0 bridgehead atoms. The molecule has 1 saturated heterocycles. The minimum absolute atomic E-state index is 0.0625. The summed E-state index contributed by atoms with van der Waals surface area (Å²) in [5, 5.41) is 0. The zero-order chi connectivity index (χ0) is 21.9. The van der Waals surface area contributed by atoms with Crippen LogP contribution in [-0.2, 0) is 21.4 Å². The number of anilines is 1. The fourth-order valence-corrected chi connectivity index (χ4v) is 5.17. The van der Waals surface area contributed by atoms with Gasteiger partial charge in [-0.15, -0.1) is 0 Å². The number of hydrogen-bond donors (Lipinski definition) is 0. The molecule has 1 aromatic heterocycles. The number of amides is 1. The molecule has 8 nitrogen and oxygen atoms in total. The topological polar surface area (TPSA) is 86.7 Å². The van der Waals surface area contributed by atoms with E-state index in [2.05, 4.69) is 9.97 Å². The molecule has 0 saturated carbocycles. The van der Waals surface area contributed by atoms with Gasteiger partial charge in [0, 0.05) is 40.7 Å². The van der Waals surface area contributed by atoms with Gasteiger partial charge in [-0.2, -0.15) is 4.31 Å². The van der Waals surface area contributed by atoms with Crippen molar-refractivity contribution in [3.8, 4) is 0 Å². The van der Waals surface area contributed by atoms with Crippen LogP contribution in [0.5, 0.6) is 0 Å². The van der Waals surface area contributed by atoms with Crippen LogP contribution < -0.4 is 4.90 Å². The van der Waals surface area contributed by atoms with Gasteiger partial charge in [-0.25, -0.2) is 18.4 Å². The van der Waals surface area contributed by atoms with Crippen molar-refractivity contribution in [2.24, 2.45) is 0 Å². The molecule has 1 atom stereocenters. The molecule has 0 N–H and O–H groups in total. The summed E-state index contributed by atoms with van der Waals surface area (Å²) in [6.45, 7) is 2.27. The molecule has 3 rings (SSSR count). The summed E-state index contributed by atoms with van der Waals surface area (Å²) in [7, 11) is 1.81. The third kappa shape index (κ3) is 4.79. The van der Waals surface area contributed by atoms with Crippen molar-refractivity contribution in [2.75, 3.05) is 32.6 Å². The monoisotopic (exact) mass is 431 g/mol. The SMILES string of the molecule is CC(=O)N(C)Cc1cc(N(C)C)nc([C@H]2CCCCN2S(=O)(=O)c2ccccc2)n1. The summed E-state index contributed by atoms with van der Waals surface area (Å²) in [5.74, 6) is 1.11. The summed E-state index contributed by atoms with van der Waals surface area (Å²) in [6, 6.07) is 9.88. The lowest BCUT2D eigenvalue weighted by Crippen LogP contribution is -2.39. The van der Waals surface area contributed by atoms with Gasteiger partial charge in [-0.3, -0.25) is 4.79 Å². The molecule has 1 amide bonds. The first-order chi connectivity index (χ1) is 14.2. The average molecular weight is 432 g/mol. The number of aromatic nitrogens is 2. The molecule has 2 heterocycles. The highest BCUT2D eigenvalue weighted by atomic mass is 32.2. The van der Waals surface area contributed by atoms with Gasteiger partial charge in [0.2, 0.25) is 15.9 Å². The van der Waals surface area contributed by atoms with Gasteiger partial charge in [0.15, 0.2) is 0 Å².